The number of fused-ring (bicyclic) bond motifs is 3. The highest BCUT2D eigenvalue weighted by molar-refractivity contribution is 7.17. The molecule has 2 amide bonds. The van der Waals surface area contributed by atoms with Crippen molar-refractivity contribution in [1.29, 1.82) is 0 Å². The van der Waals surface area contributed by atoms with Gasteiger partial charge in [0.05, 0.1) is 16.3 Å². The van der Waals surface area contributed by atoms with Crippen molar-refractivity contribution in [3.05, 3.63) is 88.9 Å². The molecule has 1 aliphatic carbocycles. The van der Waals surface area contributed by atoms with E-state index in [2.05, 4.69) is 15.3 Å². The molecule has 4 aromatic rings. The Hall–Kier alpha value is -3.91. The topological polar surface area (TPSA) is 75.2 Å². The molecule has 6 nitrogen and oxygen atoms in total. The van der Waals surface area contributed by atoms with Gasteiger partial charge in [-0.25, -0.2) is 9.97 Å². The molecule has 0 unspecified atom stereocenters. The van der Waals surface area contributed by atoms with Gasteiger partial charge in [0.2, 0.25) is 5.95 Å². The number of thiophene rings is 1. The Morgan fingerprint density at radius 2 is 1.91 bits per heavy atom. The monoisotopic (exact) mass is 484 g/mol. The molecule has 35 heavy (non-hydrogen) atoms. The lowest BCUT2D eigenvalue weighted by molar-refractivity contribution is 0.0952. The molecule has 2 aliphatic rings. The second kappa shape index (κ2) is 8.70. The van der Waals surface area contributed by atoms with Crippen LogP contribution < -0.4 is 10.2 Å². The summed E-state index contributed by atoms with van der Waals surface area (Å²) < 4.78 is 13.2. The molecule has 1 fully saturated rings. The van der Waals surface area contributed by atoms with Crippen molar-refractivity contribution in [2.24, 2.45) is 0 Å². The lowest BCUT2D eigenvalue weighted by Crippen LogP contribution is -2.33. The van der Waals surface area contributed by atoms with Crippen LogP contribution in [0, 0.1) is 5.95 Å². The van der Waals surface area contributed by atoms with E-state index in [9.17, 15) is 14.0 Å². The number of carbonyl (C=O) groups excluding carboxylic acids is 2. The van der Waals surface area contributed by atoms with Gasteiger partial charge in [-0.1, -0.05) is 24.3 Å². The number of hydrogen-bond donors (Lipinski definition) is 1. The van der Waals surface area contributed by atoms with Crippen molar-refractivity contribution in [1.82, 2.24) is 15.3 Å². The Balaban J connectivity index is 1.33. The molecule has 0 atom stereocenters. The summed E-state index contributed by atoms with van der Waals surface area (Å²) >= 11 is 1.48. The summed E-state index contributed by atoms with van der Waals surface area (Å²) in [6, 6.07) is 18.1. The van der Waals surface area contributed by atoms with E-state index in [0.717, 1.165) is 34.5 Å². The van der Waals surface area contributed by atoms with Crippen LogP contribution in [0.1, 0.15) is 38.6 Å². The molecular formula is C27H21FN4O2S. The van der Waals surface area contributed by atoms with Crippen LogP contribution in [0.2, 0.25) is 0 Å². The van der Waals surface area contributed by atoms with E-state index in [4.69, 9.17) is 0 Å². The molecule has 1 aromatic carbocycles. The van der Waals surface area contributed by atoms with Crippen LogP contribution in [-0.2, 0) is 6.42 Å². The quantitative estimate of drug-likeness (QED) is 0.409. The molecule has 1 aliphatic heterocycles. The summed E-state index contributed by atoms with van der Waals surface area (Å²) in [5, 5.41) is 3.06. The number of para-hydroxylation sites is 1. The number of hydrogen-bond acceptors (Lipinski definition) is 5. The highest BCUT2D eigenvalue weighted by atomic mass is 32.1. The third-order valence-corrected chi connectivity index (χ3v) is 7.44. The molecule has 0 spiro atoms. The zero-order chi connectivity index (χ0) is 23.9. The number of aromatic nitrogens is 2. The molecule has 1 saturated carbocycles. The lowest BCUT2D eigenvalue weighted by atomic mass is 10.1. The van der Waals surface area contributed by atoms with Gasteiger partial charge < -0.3 is 10.2 Å². The molecule has 174 valence electrons. The van der Waals surface area contributed by atoms with Gasteiger partial charge in [0.1, 0.15) is 5.69 Å². The average Bonchev–Trinajstić information content (AvgIpc) is 3.63. The number of halogens is 1. The molecule has 1 N–H and O–H groups in total. The summed E-state index contributed by atoms with van der Waals surface area (Å²) in [5.41, 5.74) is 4.29. The summed E-state index contributed by atoms with van der Waals surface area (Å²) in [4.78, 5) is 38.0. The Bertz CT molecular complexity index is 1450. The largest absolute Gasteiger partial charge is 0.349 e. The van der Waals surface area contributed by atoms with E-state index < -0.39 is 5.95 Å². The molecule has 8 heteroatoms. The Labute approximate surface area is 205 Å². The Morgan fingerprint density at radius 3 is 2.71 bits per heavy atom. The number of carbonyl (C=O) groups is 2. The summed E-state index contributed by atoms with van der Waals surface area (Å²) in [6.45, 7) is 0.466. The fraction of sp³-hybridized carbons (Fsp3) is 0.185. The van der Waals surface area contributed by atoms with E-state index in [1.54, 1.807) is 29.2 Å². The van der Waals surface area contributed by atoms with Gasteiger partial charge in [0.25, 0.3) is 11.8 Å². The van der Waals surface area contributed by atoms with Crippen molar-refractivity contribution < 1.29 is 14.0 Å². The molecule has 6 rings (SSSR count). The van der Waals surface area contributed by atoms with Crippen molar-refractivity contribution in [3.8, 4) is 21.7 Å². The van der Waals surface area contributed by atoms with Gasteiger partial charge in [0.15, 0.2) is 0 Å². The lowest BCUT2D eigenvalue weighted by Gasteiger charge is -2.23. The fourth-order valence-electron chi connectivity index (χ4n) is 4.28. The van der Waals surface area contributed by atoms with Crippen molar-refractivity contribution >= 4 is 28.8 Å². The van der Waals surface area contributed by atoms with Crippen LogP contribution in [0.4, 0.5) is 10.1 Å². The molecule has 0 saturated heterocycles. The highest BCUT2D eigenvalue weighted by Gasteiger charge is 2.29. The first-order valence-corrected chi connectivity index (χ1v) is 12.3. The molecule has 4 heterocycles. The first-order chi connectivity index (χ1) is 17.1. The van der Waals surface area contributed by atoms with Crippen LogP contribution in [0.25, 0.3) is 21.7 Å². The fourth-order valence-corrected chi connectivity index (χ4v) is 5.43. The van der Waals surface area contributed by atoms with E-state index in [-0.39, 0.29) is 11.8 Å². The van der Waals surface area contributed by atoms with Crippen molar-refractivity contribution in [2.75, 3.05) is 11.4 Å². The van der Waals surface area contributed by atoms with E-state index in [0.29, 0.717) is 40.8 Å². The predicted octanol–water partition coefficient (Wildman–Crippen LogP) is 5.11. The second-order valence-corrected chi connectivity index (χ2v) is 9.77. The maximum Gasteiger partial charge on any atom is 0.276 e. The van der Waals surface area contributed by atoms with E-state index in [1.165, 1.54) is 23.6 Å². The predicted molar refractivity (Wildman–Crippen MR) is 133 cm³/mol. The zero-order valence-corrected chi connectivity index (χ0v) is 19.5. The first-order valence-electron chi connectivity index (χ1n) is 11.5. The van der Waals surface area contributed by atoms with Gasteiger partial charge in [-0.05, 0) is 61.2 Å². The zero-order valence-electron chi connectivity index (χ0n) is 18.7. The summed E-state index contributed by atoms with van der Waals surface area (Å²) in [6.07, 6.45) is 4.12. The van der Waals surface area contributed by atoms with Crippen LogP contribution in [-0.4, -0.2) is 34.4 Å². The Morgan fingerprint density at radius 1 is 1.06 bits per heavy atom. The van der Waals surface area contributed by atoms with E-state index in [1.807, 2.05) is 30.3 Å². The summed E-state index contributed by atoms with van der Waals surface area (Å²) in [7, 11) is 0. The Kier molecular flexibility index (Phi) is 5.37. The number of pyridine rings is 2. The average molecular weight is 485 g/mol. The van der Waals surface area contributed by atoms with Gasteiger partial charge >= 0.3 is 0 Å². The van der Waals surface area contributed by atoms with Crippen molar-refractivity contribution in [3.63, 3.8) is 0 Å². The number of benzene rings is 1. The molecule has 0 radical (unpaired) electrons. The smallest absolute Gasteiger partial charge is 0.276 e. The maximum atomic E-state index is 13.7. The molecular weight excluding hydrogens is 463 g/mol. The number of amides is 2. The van der Waals surface area contributed by atoms with Crippen LogP contribution in [0.3, 0.4) is 0 Å². The third kappa shape index (κ3) is 4.21. The number of nitrogens with zero attached hydrogens (tertiary/aromatic N) is 3. The maximum absolute atomic E-state index is 13.7. The van der Waals surface area contributed by atoms with Gasteiger partial charge in [-0.2, -0.15) is 4.39 Å². The van der Waals surface area contributed by atoms with Crippen LogP contribution >= 0.6 is 11.3 Å². The SMILES string of the molecule is O=C(NC1CC1)c1cc2c(s1)-c1ccccc1N(C(=O)c1cccc(-c3ccc(F)nc3)n1)CC2. The van der Waals surface area contributed by atoms with Gasteiger partial charge in [0, 0.05) is 34.8 Å². The van der Waals surface area contributed by atoms with Crippen LogP contribution in [0.15, 0.2) is 66.9 Å². The minimum Gasteiger partial charge on any atom is -0.349 e. The van der Waals surface area contributed by atoms with E-state index >= 15 is 0 Å². The summed E-state index contributed by atoms with van der Waals surface area (Å²) in [5.74, 6) is -0.800. The minimum absolute atomic E-state index is 0.0210. The third-order valence-electron chi connectivity index (χ3n) is 6.23. The standard InChI is InChI=1S/C27H21FN4O2S/c28-24-11-8-17(15-29-24)20-5-3-6-21(31-20)27(34)32-13-12-16-14-23(26(33)30-18-9-10-18)35-25(16)19-4-1-2-7-22(19)32/h1-8,11,14-15,18H,9-10,12-13H2,(H,30,33). The highest BCUT2D eigenvalue weighted by Crippen LogP contribution is 2.42. The van der Waals surface area contributed by atoms with Crippen LogP contribution in [0.5, 0.6) is 0 Å². The van der Waals surface area contributed by atoms with Gasteiger partial charge in [-0.15, -0.1) is 11.3 Å². The first kappa shape index (κ1) is 21.6. The van der Waals surface area contributed by atoms with Gasteiger partial charge in [-0.3, -0.25) is 9.59 Å². The normalized spacial score (nSPS) is 14.6. The molecule has 3 aromatic heterocycles. The number of anilines is 1. The number of rotatable bonds is 4. The van der Waals surface area contributed by atoms with Crippen molar-refractivity contribution in [2.45, 2.75) is 25.3 Å². The second-order valence-electron chi connectivity index (χ2n) is 8.71. The minimum atomic E-state index is -0.567. The molecule has 0 bridgehead atoms. The number of nitrogens with one attached hydrogen (secondary N) is 1.